The minimum Gasteiger partial charge on any atom is -0.279 e. The highest BCUT2D eigenvalue weighted by Crippen LogP contribution is 2.25. The van der Waals surface area contributed by atoms with Gasteiger partial charge >= 0.3 is 0 Å². The third-order valence-electron chi connectivity index (χ3n) is 2.88. The van der Waals surface area contributed by atoms with Gasteiger partial charge in [-0.05, 0) is 22.0 Å². The number of rotatable bonds is 2. The van der Waals surface area contributed by atoms with Crippen molar-refractivity contribution >= 4 is 38.7 Å². The van der Waals surface area contributed by atoms with Gasteiger partial charge in [-0.25, -0.2) is 23.1 Å². The molecule has 0 saturated heterocycles. The minimum absolute atomic E-state index is 0.00853. The van der Waals surface area contributed by atoms with Gasteiger partial charge in [0, 0.05) is 22.8 Å². The zero-order valence-corrected chi connectivity index (χ0v) is 12.6. The summed E-state index contributed by atoms with van der Waals surface area (Å²) in [6.45, 7) is 0. The van der Waals surface area contributed by atoms with E-state index in [2.05, 4.69) is 25.9 Å². The second-order valence-electron chi connectivity index (χ2n) is 4.22. The fraction of sp³-hybridized carbons (Fsp3) is 0.0769. The van der Waals surface area contributed by atoms with Crippen LogP contribution in [0.3, 0.4) is 0 Å². The lowest BCUT2D eigenvalue weighted by atomic mass is 10.2. The van der Waals surface area contributed by atoms with Crippen molar-refractivity contribution in [2.75, 3.05) is 0 Å². The molecule has 0 saturated carbocycles. The monoisotopic (exact) mass is 375 g/mol. The first-order valence-corrected chi connectivity index (χ1v) is 7.07. The zero-order valence-electron chi connectivity index (χ0n) is 10.2. The van der Waals surface area contributed by atoms with Gasteiger partial charge in [0.15, 0.2) is 23.1 Å². The first kappa shape index (κ1) is 14.3. The van der Waals surface area contributed by atoms with Gasteiger partial charge in [-0.3, -0.25) is 4.57 Å². The first-order valence-electron chi connectivity index (χ1n) is 5.75. The van der Waals surface area contributed by atoms with Gasteiger partial charge in [-0.2, -0.15) is 0 Å². The molecule has 0 fully saturated rings. The molecule has 1 aromatic carbocycles. The fourth-order valence-corrected chi connectivity index (χ4v) is 2.52. The van der Waals surface area contributed by atoms with Gasteiger partial charge in [0.25, 0.3) is 0 Å². The van der Waals surface area contributed by atoms with E-state index in [0.29, 0.717) is 21.5 Å². The van der Waals surface area contributed by atoms with Gasteiger partial charge < -0.3 is 0 Å². The summed E-state index contributed by atoms with van der Waals surface area (Å²) in [5.41, 5.74) is 0.948. The number of fused-ring (bicyclic) bond motifs is 1. The van der Waals surface area contributed by atoms with Crippen LogP contribution in [0.5, 0.6) is 0 Å². The van der Waals surface area contributed by atoms with Crippen molar-refractivity contribution < 1.29 is 13.2 Å². The molecular formula is C13H6BrClF3N3. The summed E-state index contributed by atoms with van der Waals surface area (Å²) in [5.74, 6) is -3.74. The van der Waals surface area contributed by atoms with Crippen LogP contribution in [0.1, 0.15) is 5.82 Å². The molecular weight excluding hydrogens is 371 g/mol. The van der Waals surface area contributed by atoms with E-state index in [1.54, 1.807) is 6.07 Å². The number of alkyl halides is 1. The summed E-state index contributed by atoms with van der Waals surface area (Å²) >= 11 is 9.08. The fourth-order valence-electron chi connectivity index (χ4n) is 2.02. The molecule has 0 bridgehead atoms. The summed E-state index contributed by atoms with van der Waals surface area (Å²) in [7, 11) is 0. The predicted molar refractivity (Wildman–Crippen MR) is 76.0 cm³/mol. The molecule has 0 unspecified atom stereocenters. The van der Waals surface area contributed by atoms with E-state index in [1.807, 2.05) is 0 Å². The van der Waals surface area contributed by atoms with E-state index in [0.717, 1.165) is 12.1 Å². The summed E-state index contributed by atoms with van der Waals surface area (Å²) in [6, 6.07) is 3.45. The van der Waals surface area contributed by atoms with Crippen molar-refractivity contribution in [2.24, 2.45) is 0 Å². The molecule has 2 aromatic heterocycles. The van der Waals surface area contributed by atoms with E-state index < -0.39 is 17.5 Å². The van der Waals surface area contributed by atoms with Gasteiger partial charge in [0.1, 0.15) is 11.3 Å². The molecule has 0 aliphatic rings. The van der Waals surface area contributed by atoms with E-state index in [1.165, 1.54) is 10.8 Å². The SMILES string of the molecule is Fc1cc(-n2c(CCl)nc3cc(Br)cnc32)cc(F)c1F. The molecule has 3 rings (SSSR count). The second-order valence-corrected chi connectivity index (χ2v) is 5.40. The van der Waals surface area contributed by atoms with E-state index >= 15 is 0 Å². The highest BCUT2D eigenvalue weighted by molar-refractivity contribution is 9.10. The Bertz CT molecular complexity index is 827. The Morgan fingerprint density at radius 3 is 2.43 bits per heavy atom. The number of aromatic nitrogens is 3. The van der Waals surface area contributed by atoms with Gasteiger partial charge in [-0.15, -0.1) is 11.6 Å². The van der Waals surface area contributed by atoms with Crippen molar-refractivity contribution in [3.63, 3.8) is 0 Å². The molecule has 0 aliphatic carbocycles. The maximum absolute atomic E-state index is 13.4. The van der Waals surface area contributed by atoms with Crippen LogP contribution >= 0.6 is 27.5 Å². The van der Waals surface area contributed by atoms with Crippen LogP contribution < -0.4 is 0 Å². The molecule has 0 N–H and O–H groups in total. The lowest BCUT2D eigenvalue weighted by Crippen LogP contribution is -2.03. The van der Waals surface area contributed by atoms with Crippen LogP contribution in [0, 0.1) is 17.5 Å². The largest absolute Gasteiger partial charge is 0.279 e. The number of halogens is 5. The number of hydrogen-bond acceptors (Lipinski definition) is 2. The Morgan fingerprint density at radius 1 is 1.14 bits per heavy atom. The average Bonchev–Trinajstić information content (AvgIpc) is 2.81. The van der Waals surface area contributed by atoms with Crippen LogP contribution in [0.15, 0.2) is 28.9 Å². The lowest BCUT2D eigenvalue weighted by molar-refractivity contribution is 0.446. The maximum atomic E-state index is 13.4. The molecule has 0 amide bonds. The van der Waals surface area contributed by atoms with Crippen LogP contribution in [0.4, 0.5) is 13.2 Å². The normalized spacial score (nSPS) is 11.3. The number of hydrogen-bond donors (Lipinski definition) is 0. The zero-order chi connectivity index (χ0) is 15.1. The molecule has 0 spiro atoms. The second kappa shape index (κ2) is 5.31. The summed E-state index contributed by atoms with van der Waals surface area (Å²) in [6.07, 6.45) is 1.52. The smallest absolute Gasteiger partial charge is 0.194 e. The maximum Gasteiger partial charge on any atom is 0.194 e. The lowest BCUT2D eigenvalue weighted by Gasteiger charge is -2.08. The highest BCUT2D eigenvalue weighted by Gasteiger charge is 2.17. The number of pyridine rings is 1. The topological polar surface area (TPSA) is 30.7 Å². The van der Waals surface area contributed by atoms with Gasteiger partial charge in [-0.1, -0.05) is 0 Å². The third kappa shape index (κ3) is 2.40. The Hall–Kier alpha value is -1.60. The molecule has 108 valence electrons. The van der Waals surface area contributed by atoms with Crippen LogP contribution in [0.25, 0.3) is 16.9 Å². The Morgan fingerprint density at radius 2 is 1.81 bits per heavy atom. The van der Waals surface area contributed by atoms with Gasteiger partial charge in [0.2, 0.25) is 0 Å². The van der Waals surface area contributed by atoms with Crippen LogP contribution in [0.2, 0.25) is 0 Å². The van der Waals surface area contributed by atoms with E-state index in [9.17, 15) is 13.2 Å². The third-order valence-corrected chi connectivity index (χ3v) is 3.55. The van der Waals surface area contributed by atoms with Crippen molar-refractivity contribution in [3.05, 3.63) is 52.1 Å². The summed E-state index contributed by atoms with van der Waals surface area (Å²) in [4.78, 5) is 8.41. The molecule has 8 heteroatoms. The molecule has 2 heterocycles. The highest BCUT2D eigenvalue weighted by atomic mass is 79.9. The predicted octanol–water partition coefficient (Wildman–Crippen LogP) is 4.34. The average molecular weight is 377 g/mol. The van der Waals surface area contributed by atoms with Crippen molar-refractivity contribution in [1.29, 1.82) is 0 Å². The summed E-state index contributed by atoms with van der Waals surface area (Å²) < 4.78 is 42.0. The number of imidazole rings is 1. The Labute approximate surface area is 130 Å². The van der Waals surface area contributed by atoms with Crippen LogP contribution in [-0.4, -0.2) is 14.5 Å². The molecule has 3 nitrogen and oxygen atoms in total. The Kier molecular flexibility index (Phi) is 3.62. The van der Waals surface area contributed by atoms with Gasteiger partial charge in [0.05, 0.1) is 11.6 Å². The van der Waals surface area contributed by atoms with E-state index in [4.69, 9.17) is 11.6 Å². The summed E-state index contributed by atoms with van der Waals surface area (Å²) in [5, 5.41) is 0. The van der Waals surface area contributed by atoms with Crippen molar-refractivity contribution in [3.8, 4) is 5.69 Å². The first-order chi connectivity index (χ1) is 10.0. The molecule has 0 radical (unpaired) electrons. The quantitative estimate of drug-likeness (QED) is 0.492. The molecule has 21 heavy (non-hydrogen) atoms. The molecule has 3 aromatic rings. The number of nitrogens with zero attached hydrogens (tertiary/aromatic N) is 3. The number of benzene rings is 1. The van der Waals surface area contributed by atoms with Crippen LogP contribution in [-0.2, 0) is 5.88 Å². The minimum atomic E-state index is -1.52. The molecule has 0 aliphatic heterocycles. The molecule has 0 atom stereocenters. The standard InChI is InChI=1S/C13H6BrClF3N3/c14-6-1-10-13(19-5-6)21(11(4-15)20-10)7-2-8(16)12(18)9(17)3-7/h1-3,5H,4H2. The Balaban J connectivity index is 2.33. The van der Waals surface area contributed by atoms with E-state index in [-0.39, 0.29) is 11.6 Å². The van der Waals surface area contributed by atoms with Crippen molar-refractivity contribution in [2.45, 2.75) is 5.88 Å². The van der Waals surface area contributed by atoms with Crippen molar-refractivity contribution in [1.82, 2.24) is 14.5 Å².